The van der Waals surface area contributed by atoms with E-state index in [0.29, 0.717) is 11.5 Å². The molecular formula is C16H34N2O. The molecule has 0 aliphatic carbocycles. The standard InChI is InChI=1S/C16H34N2O/c1-5-7-10-18(15(3)6-2)14-16(13-17-4)8-11-19-12-9-16/h15,17H,5-14H2,1-4H3. The van der Waals surface area contributed by atoms with E-state index in [2.05, 4.69) is 38.0 Å². The predicted octanol–water partition coefficient (Wildman–Crippen LogP) is 2.90. The quantitative estimate of drug-likeness (QED) is 0.697. The van der Waals surface area contributed by atoms with Crippen LogP contribution in [0.25, 0.3) is 0 Å². The van der Waals surface area contributed by atoms with Crippen LogP contribution in [0.1, 0.15) is 52.9 Å². The molecule has 1 atom stereocenters. The van der Waals surface area contributed by atoms with E-state index in [1.54, 1.807) is 0 Å². The number of rotatable bonds is 9. The maximum Gasteiger partial charge on any atom is 0.0472 e. The lowest BCUT2D eigenvalue weighted by atomic mass is 9.79. The van der Waals surface area contributed by atoms with Gasteiger partial charge in [0.2, 0.25) is 0 Å². The Morgan fingerprint density at radius 1 is 1.26 bits per heavy atom. The van der Waals surface area contributed by atoms with Crippen LogP contribution < -0.4 is 5.32 Å². The summed E-state index contributed by atoms with van der Waals surface area (Å²) in [6, 6.07) is 0.697. The third-order valence-electron chi connectivity index (χ3n) is 4.66. The number of unbranched alkanes of at least 4 members (excludes halogenated alkanes) is 1. The van der Waals surface area contributed by atoms with E-state index in [-0.39, 0.29) is 0 Å². The summed E-state index contributed by atoms with van der Waals surface area (Å²) in [6.45, 7) is 12.4. The summed E-state index contributed by atoms with van der Waals surface area (Å²) in [7, 11) is 2.08. The molecule has 1 rings (SSSR count). The van der Waals surface area contributed by atoms with Crippen LogP contribution >= 0.6 is 0 Å². The van der Waals surface area contributed by atoms with E-state index in [9.17, 15) is 0 Å². The fourth-order valence-electron chi connectivity index (χ4n) is 3.08. The van der Waals surface area contributed by atoms with Gasteiger partial charge >= 0.3 is 0 Å². The molecule has 0 amide bonds. The first-order valence-corrected chi connectivity index (χ1v) is 8.14. The molecule has 0 aromatic rings. The van der Waals surface area contributed by atoms with Gasteiger partial charge in [-0.1, -0.05) is 20.3 Å². The summed E-state index contributed by atoms with van der Waals surface area (Å²) in [6.07, 6.45) is 6.25. The molecule has 3 nitrogen and oxygen atoms in total. The maximum absolute atomic E-state index is 5.57. The van der Waals surface area contributed by atoms with Crippen LogP contribution in [-0.4, -0.2) is 50.8 Å². The van der Waals surface area contributed by atoms with Crippen LogP contribution in [0.4, 0.5) is 0 Å². The zero-order valence-corrected chi connectivity index (χ0v) is 13.5. The Morgan fingerprint density at radius 3 is 2.47 bits per heavy atom. The van der Waals surface area contributed by atoms with E-state index in [1.807, 2.05) is 0 Å². The Hall–Kier alpha value is -0.120. The molecule has 1 aliphatic heterocycles. The smallest absolute Gasteiger partial charge is 0.0472 e. The molecular weight excluding hydrogens is 236 g/mol. The largest absolute Gasteiger partial charge is 0.381 e. The van der Waals surface area contributed by atoms with Crippen molar-refractivity contribution in [3.05, 3.63) is 0 Å². The van der Waals surface area contributed by atoms with Crippen molar-refractivity contribution < 1.29 is 4.74 Å². The summed E-state index contributed by atoms with van der Waals surface area (Å²) < 4.78 is 5.57. The Bertz CT molecular complexity index is 221. The second-order valence-corrected chi connectivity index (χ2v) is 6.22. The lowest BCUT2D eigenvalue weighted by Crippen LogP contribution is -2.49. The van der Waals surface area contributed by atoms with Crippen LogP contribution in [0, 0.1) is 5.41 Å². The number of hydrogen-bond donors (Lipinski definition) is 1. The second kappa shape index (κ2) is 8.93. The fraction of sp³-hybridized carbons (Fsp3) is 1.00. The highest BCUT2D eigenvalue weighted by Gasteiger charge is 2.34. The SMILES string of the molecule is CCCCN(CC1(CNC)CCOCC1)C(C)CC. The monoisotopic (exact) mass is 270 g/mol. The number of nitrogens with zero attached hydrogens (tertiary/aromatic N) is 1. The molecule has 1 saturated heterocycles. The van der Waals surface area contributed by atoms with Gasteiger partial charge in [-0.15, -0.1) is 0 Å². The molecule has 0 spiro atoms. The minimum Gasteiger partial charge on any atom is -0.381 e. The van der Waals surface area contributed by atoms with E-state index < -0.39 is 0 Å². The highest BCUT2D eigenvalue weighted by atomic mass is 16.5. The van der Waals surface area contributed by atoms with Crippen LogP contribution in [0.5, 0.6) is 0 Å². The Labute approximate surface area is 120 Å². The van der Waals surface area contributed by atoms with Gasteiger partial charge in [-0.05, 0) is 51.6 Å². The first kappa shape index (κ1) is 16.9. The van der Waals surface area contributed by atoms with Crippen molar-refractivity contribution in [1.29, 1.82) is 0 Å². The lowest BCUT2D eigenvalue weighted by molar-refractivity contribution is -0.0104. The molecule has 1 unspecified atom stereocenters. The molecule has 1 N–H and O–H groups in total. The summed E-state index contributed by atoms with van der Waals surface area (Å²) in [5.41, 5.74) is 0.421. The highest BCUT2D eigenvalue weighted by Crippen LogP contribution is 2.31. The van der Waals surface area contributed by atoms with Gasteiger partial charge in [-0.3, -0.25) is 0 Å². The molecule has 0 saturated carbocycles. The number of ether oxygens (including phenoxy) is 1. The summed E-state index contributed by atoms with van der Waals surface area (Å²) in [4.78, 5) is 2.71. The van der Waals surface area contributed by atoms with Crippen LogP contribution in [0.15, 0.2) is 0 Å². The molecule has 19 heavy (non-hydrogen) atoms. The molecule has 0 bridgehead atoms. The van der Waals surface area contributed by atoms with Gasteiger partial charge in [0.15, 0.2) is 0 Å². The van der Waals surface area contributed by atoms with Crippen LogP contribution in [-0.2, 0) is 4.74 Å². The van der Waals surface area contributed by atoms with Gasteiger partial charge in [0.25, 0.3) is 0 Å². The zero-order chi connectivity index (χ0) is 14.1. The van der Waals surface area contributed by atoms with Crippen molar-refractivity contribution in [3.8, 4) is 0 Å². The molecule has 1 heterocycles. The van der Waals surface area contributed by atoms with Crippen LogP contribution in [0.2, 0.25) is 0 Å². The van der Waals surface area contributed by atoms with Crippen molar-refractivity contribution in [1.82, 2.24) is 10.2 Å². The number of nitrogens with one attached hydrogen (secondary N) is 1. The lowest BCUT2D eigenvalue weighted by Gasteiger charge is -2.43. The van der Waals surface area contributed by atoms with E-state index >= 15 is 0 Å². The minimum absolute atomic E-state index is 0.421. The Morgan fingerprint density at radius 2 is 1.95 bits per heavy atom. The minimum atomic E-state index is 0.421. The Kier molecular flexibility index (Phi) is 7.96. The molecule has 0 aromatic carbocycles. The Balaban J connectivity index is 2.65. The first-order chi connectivity index (χ1) is 9.17. The second-order valence-electron chi connectivity index (χ2n) is 6.22. The van der Waals surface area contributed by atoms with Gasteiger partial charge in [0.05, 0.1) is 0 Å². The molecule has 1 aliphatic rings. The summed E-state index contributed by atoms with van der Waals surface area (Å²) >= 11 is 0. The third-order valence-corrected chi connectivity index (χ3v) is 4.66. The molecule has 0 radical (unpaired) electrons. The average Bonchev–Trinajstić information content (AvgIpc) is 2.44. The van der Waals surface area contributed by atoms with Gasteiger partial charge in [0.1, 0.15) is 0 Å². The summed E-state index contributed by atoms with van der Waals surface area (Å²) in [5.74, 6) is 0. The molecule has 3 heteroatoms. The maximum atomic E-state index is 5.57. The molecule has 1 fully saturated rings. The normalized spacial score (nSPS) is 20.7. The highest BCUT2D eigenvalue weighted by molar-refractivity contribution is 4.88. The van der Waals surface area contributed by atoms with E-state index in [0.717, 1.165) is 19.8 Å². The van der Waals surface area contributed by atoms with Gasteiger partial charge < -0.3 is 15.0 Å². The van der Waals surface area contributed by atoms with E-state index in [1.165, 1.54) is 45.2 Å². The van der Waals surface area contributed by atoms with Crippen molar-refractivity contribution in [2.24, 2.45) is 5.41 Å². The van der Waals surface area contributed by atoms with Crippen molar-refractivity contribution in [3.63, 3.8) is 0 Å². The molecule has 114 valence electrons. The van der Waals surface area contributed by atoms with Crippen molar-refractivity contribution in [2.75, 3.05) is 39.9 Å². The fourth-order valence-corrected chi connectivity index (χ4v) is 3.08. The van der Waals surface area contributed by atoms with Gasteiger partial charge in [0, 0.05) is 32.3 Å². The summed E-state index contributed by atoms with van der Waals surface area (Å²) in [5, 5.41) is 3.41. The third kappa shape index (κ3) is 5.41. The number of hydrogen-bond acceptors (Lipinski definition) is 3. The molecule has 0 aromatic heterocycles. The van der Waals surface area contributed by atoms with Gasteiger partial charge in [-0.25, -0.2) is 0 Å². The van der Waals surface area contributed by atoms with E-state index in [4.69, 9.17) is 4.74 Å². The van der Waals surface area contributed by atoms with Crippen molar-refractivity contribution >= 4 is 0 Å². The van der Waals surface area contributed by atoms with Gasteiger partial charge in [-0.2, -0.15) is 0 Å². The van der Waals surface area contributed by atoms with Crippen LogP contribution in [0.3, 0.4) is 0 Å². The first-order valence-electron chi connectivity index (χ1n) is 8.14. The average molecular weight is 270 g/mol. The topological polar surface area (TPSA) is 24.5 Å². The predicted molar refractivity (Wildman–Crippen MR) is 82.6 cm³/mol. The zero-order valence-electron chi connectivity index (χ0n) is 13.5. The van der Waals surface area contributed by atoms with Crippen molar-refractivity contribution in [2.45, 2.75) is 58.9 Å².